The summed E-state index contributed by atoms with van der Waals surface area (Å²) in [6.07, 6.45) is 0. The molecule has 29 heavy (non-hydrogen) atoms. The van der Waals surface area contributed by atoms with Gasteiger partial charge in [0.15, 0.2) is 5.16 Å². The van der Waals surface area contributed by atoms with Crippen LogP contribution in [0.4, 0.5) is 0 Å². The highest BCUT2D eigenvalue weighted by atomic mass is 35.5. The molecular formula is C23H16ClN3OS. The molecule has 4 nitrogen and oxygen atoms in total. The molecule has 2 heterocycles. The van der Waals surface area contributed by atoms with Crippen LogP contribution in [0.2, 0.25) is 5.02 Å². The first-order valence-electron chi connectivity index (χ1n) is 9.17. The van der Waals surface area contributed by atoms with Crippen molar-refractivity contribution in [1.29, 1.82) is 0 Å². The number of benzene rings is 3. The van der Waals surface area contributed by atoms with Crippen LogP contribution in [-0.4, -0.2) is 14.5 Å². The lowest BCUT2D eigenvalue weighted by Crippen LogP contribution is -2.21. The number of thioether (sulfide) groups is 1. The van der Waals surface area contributed by atoms with E-state index in [9.17, 15) is 4.79 Å². The van der Waals surface area contributed by atoms with Crippen molar-refractivity contribution in [2.24, 2.45) is 0 Å². The van der Waals surface area contributed by atoms with E-state index in [-0.39, 0.29) is 5.56 Å². The number of nitrogens with zero attached hydrogens (tertiary/aromatic N) is 2. The Morgan fingerprint density at radius 3 is 2.59 bits per heavy atom. The molecule has 0 fully saturated rings. The largest absolute Gasteiger partial charge is 0.349 e. The molecule has 0 aliphatic carbocycles. The molecule has 0 aliphatic heterocycles. The summed E-state index contributed by atoms with van der Waals surface area (Å²) in [7, 11) is 0. The molecule has 142 valence electrons. The van der Waals surface area contributed by atoms with Gasteiger partial charge < -0.3 is 4.98 Å². The first-order valence-corrected chi connectivity index (χ1v) is 10.5. The number of halogens is 1. The summed E-state index contributed by atoms with van der Waals surface area (Å²) >= 11 is 7.74. The Labute approximate surface area is 176 Å². The molecule has 0 spiro atoms. The van der Waals surface area contributed by atoms with Gasteiger partial charge in [-0.15, -0.1) is 0 Å². The maximum Gasteiger partial charge on any atom is 0.283 e. The molecule has 3 aromatic carbocycles. The van der Waals surface area contributed by atoms with Crippen molar-refractivity contribution in [2.45, 2.75) is 10.9 Å². The fraction of sp³-hybridized carbons (Fsp3) is 0.0435. The minimum absolute atomic E-state index is 0.135. The van der Waals surface area contributed by atoms with Crippen LogP contribution >= 0.6 is 23.4 Å². The Morgan fingerprint density at radius 1 is 0.966 bits per heavy atom. The first kappa shape index (κ1) is 18.0. The summed E-state index contributed by atoms with van der Waals surface area (Å²) in [6, 6.07) is 25.3. The van der Waals surface area contributed by atoms with Crippen molar-refractivity contribution in [3.8, 4) is 5.69 Å². The van der Waals surface area contributed by atoms with E-state index in [4.69, 9.17) is 16.6 Å². The third-order valence-corrected chi connectivity index (χ3v) is 6.02. The second-order valence-electron chi connectivity index (χ2n) is 6.68. The number of hydrogen-bond acceptors (Lipinski definition) is 3. The van der Waals surface area contributed by atoms with Gasteiger partial charge in [-0.25, -0.2) is 4.98 Å². The molecule has 0 atom stereocenters. The Hall–Kier alpha value is -3.02. The molecule has 5 rings (SSSR count). The number of aromatic amines is 1. The third-order valence-electron chi connectivity index (χ3n) is 4.77. The Bertz CT molecular complexity index is 1390. The maximum absolute atomic E-state index is 13.5. The Balaban J connectivity index is 1.74. The van der Waals surface area contributed by atoms with E-state index in [1.165, 1.54) is 17.3 Å². The van der Waals surface area contributed by atoms with Crippen LogP contribution in [0.1, 0.15) is 5.56 Å². The molecule has 0 unspecified atom stereocenters. The van der Waals surface area contributed by atoms with Gasteiger partial charge in [-0.1, -0.05) is 78.0 Å². The number of fused-ring (bicyclic) bond motifs is 3. The van der Waals surface area contributed by atoms with Crippen molar-refractivity contribution < 1.29 is 0 Å². The predicted octanol–water partition coefficient (Wildman–Crippen LogP) is 5.81. The number of hydrogen-bond donors (Lipinski definition) is 1. The number of aromatic nitrogens is 3. The lowest BCUT2D eigenvalue weighted by molar-refractivity contribution is 0.819. The minimum atomic E-state index is -0.135. The fourth-order valence-corrected chi connectivity index (χ4v) is 4.55. The average Bonchev–Trinajstić information content (AvgIpc) is 3.12. The molecule has 2 aromatic heterocycles. The zero-order chi connectivity index (χ0) is 19.8. The first-order chi connectivity index (χ1) is 14.2. The normalized spacial score (nSPS) is 11.3. The third kappa shape index (κ3) is 3.33. The van der Waals surface area contributed by atoms with E-state index in [2.05, 4.69) is 17.1 Å². The molecular weight excluding hydrogens is 402 g/mol. The van der Waals surface area contributed by atoms with Gasteiger partial charge in [-0.3, -0.25) is 9.36 Å². The van der Waals surface area contributed by atoms with Gasteiger partial charge in [0.1, 0.15) is 11.0 Å². The SMILES string of the molecule is O=c1c2[nH]c3ccccc3c2nc(SCc2ccccc2)n1-c1cccc(Cl)c1. The van der Waals surface area contributed by atoms with Gasteiger partial charge >= 0.3 is 0 Å². The molecule has 5 aromatic rings. The number of H-pyrrole nitrogens is 1. The summed E-state index contributed by atoms with van der Waals surface area (Å²) in [5.41, 5.74) is 3.82. The van der Waals surface area contributed by atoms with Crippen LogP contribution in [0.3, 0.4) is 0 Å². The Morgan fingerprint density at radius 2 is 1.76 bits per heavy atom. The van der Waals surface area contributed by atoms with Crippen LogP contribution in [0.25, 0.3) is 27.6 Å². The topological polar surface area (TPSA) is 50.7 Å². The van der Waals surface area contributed by atoms with Crippen molar-refractivity contribution in [2.75, 3.05) is 0 Å². The van der Waals surface area contributed by atoms with Crippen LogP contribution in [0.5, 0.6) is 0 Å². The molecule has 0 saturated heterocycles. The molecule has 1 N–H and O–H groups in total. The summed E-state index contributed by atoms with van der Waals surface area (Å²) in [5.74, 6) is 0.710. The van der Waals surface area contributed by atoms with Crippen molar-refractivity contribution in [3.63, 3.8) is 0 Å². The molecule has 0 radical (unpaired) electrons. The summed E-state index contributed by atoms with van der Waals surface area (Å²) in [5, 5.41) is 2.16. The van der Waals surface area contributed by atoms with Gasteiger partial charge in [0.2, 0.25) is 0 Å². The van der Waals surface area contributed by atoms with Crippen molar-refractivity contribution in [1.82, 2.24) is 14.5 Å². The quantitative estimate of drug-likeness (QED) is 0.296. The second kappa shape index (κ2) is 7.43. The monoisotopic (exact) mass is 417 g/mol. The Kier molecular flexibility index (Phi) is 4.62. The standard InChI is InChI=1S/C23H16ClN3OS/c24-16-9-6-10-17(13-16)27-22(28)21-20(18-11-4-5-12-19(18)25-21)26-23(27)29-14-15-7-2-1-3-8-15/h1-13,25H,14H2. The van der Waals surface area contributed by atoms with Crippen LogP contribution in [0.15, 0.2) is 88.8 Å². The van der Waals surface area contributed by atoms with Crippen LogP contribution in [0, 0.1) is 0 Å². The highest BCUT2D eigenvalue weighted by Gasteiger charge is 2.17. The molecule has 6 heteroatoms. The van der Waals surface area contributed by atoms with E-state index >= 15 is 0 Å². The molecule has 0 bridgehead atoms. The summed E-state index contributed by atoms with van der Waals surface area (Å²) < 4.78 is 1.64. The summed E-state index contributed by atoms with van der Waals surface area (Å²) in [4.78, 5) is 21.6. The van der Waals surface area contributed by atoms with Gasteiger partial charge in [-0.2, -0.15) is 0 Å². The number of nitrogens with one attached hydrogen (secondary N) is 1. The lowest BCUT2D eigenvalue weighted by atomic mass is 10.2. The number of rotatable bonds is 4. The zero-order valence-corrected chi connectivity index (χ0v) is 16.9. The molecule has 0 saturated carbocycles. The van der Waals surface area contributed by atoms with Crippen LogP contribution < -0.4 is 5.56 Å². The van der Waals surface area contributed by atoms with E-state index in [0.29, 0.717) is 32.7 Å². The van der Waals surface area contributed by atoms with Gasteiger partial charge in [-0.05, 0) is 29.8 Å². The van der Waals surface area contributed by atoms with E-state index in [1.54, 1.807) is 16.7 Å². The summed E-state index contributed by atoms with van der Waals surface area (Å²) in [6.45, 7) is 0. The molecule has 0 amide bonds. The van der Waals surface area contributed by atoms with Crippen LogP contribution in [-0.2, 0) is 5.75 Å². The van der Waals surface area contributed by atoms with Gasteiger partial charge in [0.25, 0.3) is 5.56 Å². The zero-order valence-electron chi connectivity index (χ0n) is 15.3. The second-order valence-corrected chi connectivity index (χ2v) is 8.06. The van der Waals surface area contributed by atoms with Crippen molar-refractivity contribution in [3.05, 3.63) is 99.8 Å². The van der Waals surface area contributed by atoms with E-state index < -0.39 is 0 Å². The van der Waals surface area contributed by atoms with Crippen molar-refractivity contribution >= 4 is 45.3 Å². The highest BCUT2D eigenvalue weighted by Crippen LogP contribution is 2.28. The van der Waals surface area contributed by atoms with E-state index in [1.807, 2.05) is 54.6 Å². The average molecular weight is 418 g/mol. The van der Waals surface area contributed by atoms with E-state index in [0.717, 1.165) is 10.9 Å². The maximum atomic E-state index is 13.5. The fourth-order valence-electron chi connectivity index (χ4n) is 3.40. The predicted molar refractivity (Wildman–Crippen MR) is 120 cm³/mol. The number of para-hydroxylation sites is 1. The minimum Gasteiger partial charge on any atom is -0.349 e. The van der Waals surface area contributed by atoms with Gasteiger partial charge in [0, 0.05) is 21.7 Å². The van der Waals surface area contributed by atoms with Gasteiger partial charge in [0.05, 0.1) is 5.69 Å². The lowest BCUT2D eigenvalue weighted by Gasteiger charge is -2.12. The molecule has 0 aliphatic rings. The highest BCUT2D eigenvalue weighted by molar-refractivity contribution is 7.98. The smallest absolute Gasteiger partial charge is 0.283 e.